The van der Waals surface area contributed by atoms with Crippen LogP contribution in [0.4, 0.5) is 0 Å². The van der Waals surface area contributed by atoms with Crippen molar-refractivity contribution in [2.75, 3.05) is 0 Å². The molecule has 1 aromatic carbocycles. The van der Waals surface area contributed by atoms with Gasteiger partial charge in [0.05, 0.1) is 12.2 Å². The highest BCUT2D eigenvalue weighted by molar-refractivity contribution is 9.10. The number of nitrogens with two attached hydrogens (primary N) is 1. The first-order chi connectivity index (χ1) is 8.78. The van der Waals surface area contributed by atoms with E-state index in [1.54, 1.807) is 4.52 Å². The molecule has 3 rings (SSSR count). The molecule has 2 N–H and O–H groups in total. The lowest BCUT2D eigenvalue weighted by atomic mass is 10.1. The number of benzene rings is 1. The molecule has 0 amide bonds. The Hall–Kier alpha value is -1.79. The second-order valence-electron chi connectivity index (χ2n) is 3.82. The van der Waals surface area contributed by atoms with Crippen LogP contribution in [0.15, 0.2) is 40.9 Å². The van der Waals surface area contributed by atoms with Crippen molar-refractivity contribution in [2.45, 2.75) is 6.54 Å². The SMILES string of the molecule is NCc1nnc2ccc(-c3cccc(Br)c3)nn12. The van der Waals surface area contributed by atoms with Gasteiger partial charge >= 0.3 is 0 Å². The van der Waals surface area contributed by atoms with Crippen LogP contribution in [0.2, 0.25) is 0 Å². The van der Waals surface area contributed by atoms with Gasteiger partial charge < -0.3 is 5.73 Å². The zero-order valence-corrected chi connectivity index (χ0v) is 11.0. The van der Waals surface area contributed by atoms with Crippen LogP contribution < -0.4 is 5.73 Å². The van der Waals surface area contributed by atoms with Crippen molar-refractivity contribution >= 4 is 21.6 Å². The predicted octanol–water partition coefficient (Wildman–Crippen LogP) is 2.01. The molecule has 0 saturated carbocycles. The monoisotopic (exact) mass is 303 g/mol. The highest BCUT2D eigenvalue weighted by atomic mass is 79.9. The average Bonchev–Trinajstić information content (AvgIpc) is 2.80. The molecule has 0 aliphatic rings. The van der Waals surface area contributed by atoms with Crippen molar-refractivity contribution in [3.05, 3.63) is 46.7 Å². The number of fused-ring (bicyclic) bond motifs is 1. The molecule has 5 nitrogen and oxygen atoms in total. The summed E-state index contributed by atoms with van der Waals surface area (Å²) in [4.78, 5) is 0. The van der Waals surface area contributed by atoms with E-state index in [2.05, 4.69) is 31.2 Å². The minimum absolute atomic E-state index is 0.316. The van der Waals surface area contributed by atoms with E-state index in [0.717, 1.165) is 15.7 Å². The molecule has 2 aromatic heterocycles. The molecule has 0 fully saturated rings. The number of rotatable bonds is 2. The Morgan fingerprint density at radius 1 is 1.17 bits per heavy atom. The van der Waals surface area contributed by atoms with Gasteiger partial charge in [-0.15, -0.1) is 10.2 Å². The maximum absolute atomic E-state index is 5.60. The summed E-state index contributed by atoms with van der Waals surface area (Å²) in [5.41, 5.74) is 8.20. The predicted molar refractivity (Wildman–Crippen MR) is 71.8 cm³/mol. The van der Waals surface area contributed by atoms with Gasteiger partial charge in [0.1, 0.15) is 0 Å². The number of aromatic nitrogens is 4. The summed E-state index contributed by atoms with van der Waals surface area (Å²) in [5.74, 6) is 0.654. The van der Waals surface area contributed by atoms with Crippen LogP contribution in [-0.2, 0) is 6.54 Å². The summed E-state index contributed by atoms with van der Waals surface area (Å²) in [7, 11) is 0. The lowest BCUT2D eigenvalue weighted by Crippen LogP contribution is -2.05. The van der Waals surface area contributed by atoms with E-state index in [9.17, 15) is 0 Å². The van der Waals surface area contributed by atoms with Crippen molar-refractivity contribution < 1.29 is 0 Å². The largest absolute Gasteiger partial charge is 0.324 e. The fraction of sp³-hybridized carbons (Fsp3) is 0.0833. The van der Waals surface area contributed by atoms with Gasteiger partial charge in [-0.3, -0.25) is 0 Å². The summed E-state index contributed by atoms with van der Waals surface area (Å²) < 4.78 is 2.70. The third-order valence-electron chi connectivity index (χ3n) is 2.63. The molecular formula is C12H10BrN5. The maximum Gasteiger partial charge on any atom is 0.177 e. The summed E-state index contributed by atoms with van der Waals surface area (Å²) >= 11 is 3.45. The maximum atomic E-state index is 5.60. The average molecular weight is 304 g/mol. The molecular weight excluding hydrogens is 294 g/mol. The molecule has 0 aliphatic heterocycles. The molecule has 0 radical (unpaired) electrons. The van der Waals surface area contributed by atoms with Gasteiger partial charge in [0.25, 0.3) is 0 Å². The number of nitrogens with zero attached hydrogens (tertiary/aromatic N) is 4. The quantitative estimate of drug-likeness (QED) is 0.786. The normalized spacial score (nSPS) is 11.0. The zero-order chi connectivity index (χ0) is 12.5. The van der Waals surface area contributed by atoms with Crippen molar-refractivity contribution in [3.63, 3.8) is 0 Å². The first-order valence-corrected chi connectivity index (χ1v) is 6.24. The van der Waals surface area contributed by atoms with E-state index in [1.807, 2.05) is 36.4 Å². The van der Waals surface area contributed by atoms with E-state index >= 15 is 0 Å². The number of hydrogen-bond donors (Lipinski definition) is 1. The van der Waals surface area contributed by atoms with E-state index in [-0.39, 0.29) is 0 Å². The minimum Gasteiger partial charge on any atom is -0.324 e. The van der Waals surface area contributed by atoms with Gasteiger partial charge in [0.15, 0.2) is 11.5 Å². The third kappa shape index (κ3) is 1.89. The van der Waals surface area contributed by atoms with Crippen LogP contribution >= 0.6 is 15.9 Å². The van der Waals surface area contributed by atoms with Gasteiger partial charge in [-0.2, -0.15) is 9.61 Å². The topological polar surface area (TPSA) is 69.1 Å². The van der Waals surface area contributed by atoms with Gasteiger partial charge in [-0.25, -0.2) is 0 Å². The van der Waals surface area contributed by atoms with Crippen molar-refractivity contribution in [1.82, 2.24) is 19.8 Å². The molecule has 0 atom stereocenters. The van der Waals surface area contributed by atoms with Gasteiger partial charge in [-0.1, -0.05) is 28.1 Å². The highest BCUT2D eigenvalue weighted by Gasteiger charge is 2.07. The second-order valence-corrected chi connectivity index (χ2v) is 4.73. The molecule has 0 aliphatic carbocycles. The molecule has 0 bridgehead atoms. The molecule has 3 aromatic rings. The lowest BCUT2D eigenvalue weighted by molar-refractivity contribution is 0.811. The summed E-state index contributed by atoms with van der Waals surface area (Å²) in [6.07, 6.45) is 0. The Morgan fingerprint density at radius 3 is 2.83 bits per heavy atom. The van der Waals surface area contributed by atoms with Crippen LogP contribution in [-0.4, -0.2) is 19.8 Å². The Balaban J connectivity index is 2.18. The Morgan fingerprint density at radius 2 is 2.06 bits per heavy atom. The molecule has 0 unspecified atom stereocenters. The summed E-state index contributed by atoms with van der Waals surface area (Å²) in [6.45, 7) is 0.316. The molecule has 18 heavy (non-hydrogen) atoms. The molecule has 0 saturated heterocycles. The standard InChI is InChI=1S/C12H10BrN5/c13-9-3-1-2-8(6-9)10-4-5-11-15-16-12(7-14)18(11)17-10/h1-6H,7,14H2. The van der Waals surface area contributed by atoms with E-state index in [0.29, 0.717) is 18.0 Å². The second kappa shape index (κ2) is 4.47. The summed E-state index contributed by atoms with van der Waals surface area (Å²) in [6, 6.07) is 11.8. The van der Waals surface area contributed by atoms with Crippen molar-refractivity contribution in [3.8, 4) is 11.3 Å². The fourth-order valence-corrected chi connectivity index (χ4v) is 2.16. The fourth-order valence-electron chi connectivity index (χ4n) is 1.76. The Labute approximate surface area is 112 Å². The molecule has 90 valence electrons. The number of halogens is 1. The number of hydrogen-bond acceptors (Lipinski definition) is 4. The zero-order valence-electron chi connectivity index (χ0n) is 9.42. The molecule has 6 heteroatoms. The molecule has 0 spiro atoms. The van der Waals surface area contributed by atoms with Crippen LogP contribution in [0.1, 0.15) is 5.82 Å². The highest BCUT2D eigenvalue weighted by Crippen LogP contribution is 2.21. The Bertz CT molecular complexity index is 707. The smallest absolute Gasteiger partial charge is 0.177 e. The van der Waals surface area contributed by atoms with Crippen LogP contribution in [0.25, 0.3) is 16.9 Å². The van der Waals surface area contributed by atoms with Gasteiger partial charge in [0.2, 0.25) is 0 Å². The van der Waals surface area contributed by atoms with Crippen molar-refractivity contribution in [2.24, 2.45) is 5.73 Å². The minimum atomic E-state index is 0.316. The van der Waals surface area contributed by atoms with E-state index < -0.39 is 0 Å². The first kappa shape index (κ1) is 11.3. The third-order valence-corrected chi connectivity index (χ3v) is 3.12. The van der Waals surface area contributed by atoms with E-state index in [4.69, 9.17) is 5.73 Å². The Kier molecular flexibility index (Phi) is 2.81. The van der Waals surface area contributed by atoms with Gasteiger partial charge in [-0.05, 0) is 24.3 Å². The van der Waals surface area contributed by atoms with Crippen molar-refractivity contribution in [1.29, 1.82) is 0 Å². The summed E-state index contributed by atoms with van der Waals surface area (Å²) in [5, 5.41) is 12.5. The van der Waals surface area contributed by atoms with Crippen LogP contribution in [0.3, 0.4) is 0 Å². The van der Waals surface area contributed by atoms with Gasteiger partial charge in [0, 0.05) is 10.0 Å². The molecule has 2 heterocycles. The van der Waals surface area contributed by atoms with Crippen LogP contribution in [0.5, 0.6) is 0 Å². The van der Waals surface area contributed by atoms with Crippen LogP contribution in [0, 0.1) is 0 Å². The lowest BCUT2D eigenvalue weighted by Gasteiger charge is -2.02. The van der Waals surface area contributed by atoms with E-state index in [1.165, 1.54) is 0 Å². The first-order valence-electron chi connectivity index (χ1n) is 5.45.